The summed E-state index contributed by atoms with van der Waals surface area (Å²) < 4.78 is 0. The molecule has 1 fully saturated rings. The molecule has 8 heavy (non-hydrogen) atoms. The molecule has 0 aromatic heterocycles. The average molecular weight is 113 g/mol. The van der Waals surface area contributed by atoms with Crippen LogP contribution in [0.5, 0.6) is 0 Å². The predicted molar refractivity (Wildman–Crippen MR) is 31.3 cm³/mol. The van der Waals surface area contributed by atoms with E-state index >= 15 is 0 Å². The standard InChI is InChI=1S/C6H11NO/c1-4(8)6-2-5(6)3-7/h5-6H,2-3,7H2,1H3/t5-,6+/m0/s1. The van der Waals surface area contributed by atoms with Gasteiger partial charge in [0.15, 0.2) is 0 Å². The van der Waals surface area contributed by atoms with E-state index in [1.165, 1.54) is 0 Å². The summed E-state index contributed by atoms with van der Waals surface area (Å²) in [6.45, 7) is 2.32. The maximum absolute atomic E-state index is 10.5. The first-order valence-corrected chi connectivity index (χ1v) is 2.96. The summed E-state index contributed by atoms with van der Waals surface area (Å²) in [5, 5.41) is 0. The minimum Gasteiger partial charge on any atom is -0.330 e. The second-order valence-corrected chi connectivity index (χ2v) is 2.45. The predicted octanol–water partition coefficient (Wildman–Crippen LogP) is 0.170. The summed E-state index contributed by atoms with van der Waals surface area (Å²) in [5.41, 5.74) is 5.31. The van der Waals surface area contributed by atoms with Crippen LogP contribution in [-0.2, 0) is 4.79 Å². The van der Waals surface area contributed by atoms with Gasteiger partial charge >= 0.3 is 0 Å². The van der Waals surface area contributed by atoms with Gasteiger partial charge in [-0.3, -0.25) is 4.79 Å². The molecule has 2 heteroatoms. The zero-order valence-corrected chi connectivity index (χ0v) is 5.05. The fourth-order valence-electron chi connectivity index (χ4n) is 1.01. The maximum atomic E-state index is 10.5. The zero-order valence-electron chi connectivity index (χ0n) is 5.05. The normalized spacial score (nSPS) is 34.8. The van der Waals surface area contributed by atoms with Crippen LogP contribution >= 0.6 is 0 Å². The van der Waals surface area contributed by atoms with Gasteiger partial charge in [-0.25, -0.2) is 0 Å². The monoisotopic (exact) mass is 113 g/mol. The van der Waals surface area contributed by atoms with Crippen molar-refractivity contribution in [3.8, 4) is 0 Å². The molecule has 0 bridgehead atoms. The Morgan fingerprint density at radius 2 is 2.50 bits per heavy atom. The van der Waals surface area contributed by atoms with Crippen molar-refractivity contribution in [1.82, 2.24) is 0 Å². The molecular formula is C6H11NO. The van der Waals surface area contributed by atoms with E-state index in [1.54, 1.807) is 6.92 Å². The molecule has 0 unspecified atom stereocenters. The van der Waals surface area contributed by atoms with Crippen molar-refractivity contribution in [2.75, 3.05) is 6.54 Å². The number of hydrogen-bond acceptors (Lipinski definition) is 2. The summed E-state index contributed by atoms with van der Waals surface area (Å²) in [5.74, 6) is 1.15. The Morgan fingerprint density at radius 1 is 1.88 bits per heavy atom. The highest BCUT2D eigenvalue weighted by molar-refractivity contribution is 5.81. The molecule has 0 heterocycles. The van der Waals surface area contributed by atoms with Crippen LogP contribution in [0.4, 0.5) is 0 Å². The third kappa shape index (κ3) is 0.892. The first kappa shape index (κ1) is 5.76. The Hall–Kier alpha value is -0.370. The Balaban J connectivity index is 2.26. The SMILES string of the molecule is CC(=O)[C@H]1C[C@H]1CN. The number of rotatable bonds is 2. The van der Waals surface area contributed by atoms with Gasteiger partial charge in [-0.1, -0.05) is 0 Å². The van der Waals surface area contributed by atoms with Crippen LogP contribution in [0, 0.1) is 11.8 Å². The van der Waals surface area contributed by atoms with E-state index in [1.807, 2.05) is 0 Å². The Bertz CT molecular complexity index is 111. The van der Waals surface area contributed by atoms with Crippen molar-refractivity contribution in [3.05, 3.63) is 0 Å². The van der Waals surface area contributed by atoms with Gasteiger partial charge in [0.2, 0.25) is 0 Å². The number of ketones is 1. The van der Waals surface area contributed by atoms with E-state index in [0.29, 0.717) is 24.2 Å². The molecule has 0 amide bonds. The summed E-state index contributed by atoms with van der Waals surface area (Å²) in [4.78, 5) is 10.5. The van der Waals surface area contributed by atoms with Crippen molar-refractivity contribution in [2.45, 2.75) is 13.3 Å². The number of hydrogen-bond donors (Lipinski definition) is 1. The van der Waals surface area contributed by atoms with E-state index in [2.05, 4.69) is 0 Å². The van der Waals surface area contributed by atoms with Crippen molar-refractivity contribution < 1.29 is 4.79 Å². The molecule has 0 aliphatic heterocycles. The van der Waals surface area contributed by atoms with Crippen LogP contribution in [-0.4, -0.2) is 12.3 Å². The van der Waals surface area contributed by atoms with Crippen LogP contribution in [0.15, 0.2) is 0 Å². The first-order chi connectivity index (χ1) is 3.75. The van der Waals surface area contributed by atoms with Crippen LogP contribution in [0.25, 0.3) is 0 Å². The minimum absolute atomic E-state index is 0.306. The summed E-state index contributed by atoms with van der Waals surface area (Å²) >= 11 is 0. The summed E-state index contributed by atoms with van der Waals surface area (Å²) in [6.07, 6.45) is 1.03. The maximum Gasteiger partial charge on any atom is 0.133 e. The van der Waals surface area contributed by atoms with Gasteiger partial charge in [0.1, 0.15) is 5.78 Å². The highest BCUT2D eigenvalue weighted by atomic mass is 16.1. The number of nitrogens with two attached hydrogens (primary N) is 1. The Kier molecular flexibility index (Phi) is 1.34. The van der Waals surface area contributed by atoms with Crippen molar-refractivity contribution >= 4 is 5.78 Å². The largest absolute Gasteiger partial charge is 0.330 e. The highest BCUT2D eigenvalue weighted by Gasteiger charge is 2.38. The lowest BCUT2D eigenvalue weighted by atomic mass is 10.2. The summed E-state index contributed by atoms with van der Waals surface area (Å²) in [7, 11) is 0. The molecule has 1 aliphatic carbocycles. The van der Waals surface area contributed by atoms with E-state index < -0.39 is 0 Å². The van der Waals surface area contributed by atoms with E-state index in [0.717, 1.165) is 6.42 Å². The molecule has 0 aromatic rings. The van der Waals surface area contributed by atoms with Crippen LogP contribution in [0.3, 0.4) is 0 Å². The lowest BCUT2D eigenvalue weighted by Crippen LogP contribution is -2.05. The van der Waals surface area contributed by atoms with E-state index in [9.17, 15) is 4.79 Å². The fraction of sp³-hybridized carbons (Fsp3) is 0.833. The first-order valence-electron chi connectivity index (χ1n) is 2.96. The van der Waals surface area contributed by atoms with Gasteiger partial charge in [0, 0.05) is 5.92 Å². The number of Topliss-reactive ketones (excluding diaryl/α,β-unsaturated/α-hetero) is 1. The van der Waals surface area contributed by atoms with Crippen LogP contribution in [0.1, 0.15) is 13.3 Å². The molecule has 2 nitrogen and oxygen atoms in total. The van der Waals surface area contributed by atoms with Crippen LogP contribution < -0.4 is 5.73 Å². The molecule has 0 spiro atoms. The van der Waals surface area contributed by atoms with Gasteiger partial charge in [-0.15, -0.1) is 0 Å². The van der Waals surface area contributed by atoms with Gasteiger partial charge in [-0.2, -0.15) is 0 Å². The van der Waals surface area contributed by atoms with E-state index in [-0.39, 0.29) is 0 Å². The second kappa shape index (κ2) is 1.86. The van der Waals surface area contributed by atoms with Crippen LogP contribution in [0.2, 0.25) is 0 Å². The topological polar surface area (TPSA) is 43.1 Å². The van der Waals surface area contributed by atoms with Gasteiger partial charge in [0.25, 0.3) is 0 Å². The second-order valence-electron chi connectivity index (χ2n) is 2.45. The molecule has 1 aliphatic rings. The van der Waals surface area contributed by atoms with Crippen molar-refractivity contribution in [2.24, 2.45) is 17.6 Å². The molecule has 1 rings (SSSR count). The van der Waals surface area contributed by atoms with Gasteiger partial charge < -0.3 is 5.73 Å². The minimum atomic E-state index is 0.306. The van der Waals surface area contributed by atoms with Crippen molar-refractivity contribution in [3.63, 3.8) is 0 Å². The lowest BCUT2D eigenvalue weighted by molar-refractivity contribution is -0.118. The molecule has 2 atom stereocenters. The lowest BCUT2D eigenvalue weighted by Gasteiger charge is -1.86. The average Bonchev–Trinajstić information content (AvgIpc) is 2.42. The molecule has 46 valence electrons. The van der Waals surface area contributed by atoms with Crippen molar-refractivity contribution in [1.29, 1.82) is 0 Å². The smallest absolute Gasteiger partial charge is 0.133 e. The van der Waals surface area contributed by atoms with Gasteiger partial charge in [0.05, 0.1) is 0 Å². The molecule has 0 radical (unpaired) electrons. The molecule has 2 N–H and O–H groups in total. The quantitative estimate of drug-likeness (QED) is 0.554. The van der Waals surface area contributed by atoms with E-state index in [4.69, 9.17) is 5.73 Å². The Labute approximate surface area is 49.1 Å². The molecule has 0 saturated heterocycles. The number of carbonyl (C=O) groups excluding carboxylic acids is 1. The summed E-state index contributed by atoms with van der Waals surface area (Å²) in [6, 6.07) is 0. The Morgan fingerprint density at radius 3 is 2.62 bits per heavy atom. The zero-order chi connectivity index (χ0) is 6.15. The highest BCUT2D eigenvalue weighted by Crippen LogP contribution is 2.37. The third-order valence-corrected chi connectivity index (χ3v) is 1.75. The fourth-order valence-corrected chi connectivity index (χ4v) is 1.01. The number of carbonyl (C=O) groups is 1. The molecular weight excluding hydrogens is 102 g/mol. The molecule has 1 saturated carbocycles. The molecule has 0 aromatic carbocycles. The third-order valence-electron chi connectivity index (χ3n) is 1.75. The van der Waals surface area contributed by atoms with Gasteiger partial charge in [-0.05, 0) is 25.8 Å².